The molecule has 0 N–H and O–H groups in total. The van der Waals surface area contributed by atoms with Crippen LogP contribution in [0, 0.1) is 20.8 Å². The summed E-state index contributed by atoms with van der Waals surface area (Å²) in [5.41, 5.74) is 4.08. The summed E-state index contributed by atoms with van der Waals surface area (Å²) >= 11 is 0. The topological polar surface area (TPSA) is 56.5 Å². The van der Waals surface area contributed by atoms with Gasteiger partial charge >= 0.3 is 5.63 Å². The van der Waals surface area contributed by atoms with Gasteiger partial charge in [0.15, 0.2) is 6.10 Å². The lowest BCUT2D eigenvalue weighted by Gasteiger charge is -2.15. The third-order valence-electron chi connectivity index (χ3n) is 4.67. The molecule has 0 radical (unpaired) electrons. The van der Waals surface area contributed by atoms with Gasteiger partial charge in [-0.2, -0.15) is 0 Å². The average molecular weight is 320 g/mol. The van der Waals surface area contributed by atoms with Crippen LogP contribution in [0.1, 0.15) is 38.7 Å². The van der Waals surface area contributed by atoms with E-state index in [1.54, 1.807) is 18.2 Å². The van der Waals surface area contributed by atoms with Crippen molar-refractivity contribution < 1.29 is 13.9 Å². The van der Waals surface area contributed by atoms with Gasteiger partial charge in [-0.05, 0) is 49.6 Å². The highest BCUT2D eigenvalue weighted by atomic mass is 16.5. The van der Waals surface area contributed by atoms with Gasteiger partial charge in [0.25, 0.3) is 0 Å². The van der Waals surface area contributed by atoms with Crippen molar-refractivity contribution in [3.63, 3.8) is 0 Å². The first-order valence-electron chi connectivity index (χ1n) is 7.82. The molecular weight excluding hydrogens is 304 g/mol. The minimum atomic E-state index is -0.810. The highest BCUT2D eigenvalue weighted by Gasteiger charge is 2.35. The maximum Gasteiger partial charge on any atom is 0.336 e. The number of Topliss-reactive ketones (excluding diaryl/α,β-unsaturated/α-hetero) is 1. The maximum atomic E-state index is 12.8. The zero-order valence-corrected chi connectivity index (χ0v) is 13.7. The Morgan fingerprint density at radius 3 is 2.46 bits per heavy atom. The molecule has 1 aromatic heterocycles. The van der Waals surface area contributed by atoms with Crippen molar-refractivity contribution in [3.05, 3.63) is 74.6 Å². The molecule has 0 saturated heterocycles. The Morgan fingerprint density at radius 1 is 0.958 bits per heavy atom. The molecule has 120 valence electrons. The Kier molecular flexibility index (Phi) is 3.10. The number of para-hydroxylation sites is 1. The first kappa shape index (κ1) is 14.7. The predicted molar refractivity (Wildman–Crippen MR) is 90.8 cm³/mol. The standard InChI is InChI=1S/C20H16O4/c1-10-8-11(2)17-14(9-16(21)24-19(17)12(10)3)20-18(22)13-6-4-5-7-15(13)23-20/h4-9,20H,1-3H3. The van der Waals surface area contributed by atoms with Gasteiger partial charge in [0, 0.05) is 17.0 Å². The molecule has 0 aliphatic carbocycles. The van der Waals surface area contributed by atoms with Gasteiger partial charge in [-0.1, -0.05) is 18.2 Å². The van der Waals surface area contributed by atoms with Gasteiger partial charge in [-0.15, -0.1) is 0 Å². The highest BCUT2D eigenvalue weighted by molar-refractivity contribution is 6.07. The molecule has 0 saturated carbocycles. The first-order chi connectivity index (χ1) is 11.5. The summed E-state index contributed by atoms with van der Waals surface area (Å²) in [6.07, 6.45) is -0.810. The Balaban J connectivity index is 2.01. The minimum absolute atomic E-state index is 0.130. The summed E-state index contributed by atoms with van der Waals surface area (Å²) in [6.45, 7) is 5.84. The summed E-state index contributed by atoms with van der Waals surface area (Å²) in [5.74, 6) is 0.422. The molecule has 1 unspecified atom stereocenters. The van der Waals surface area contributed by atoms with E-state index in [2.05, 4.69) is 0 Å². The van der Waals surface area contributed by atoms with Crippen LogP contribution in [0.5, 0.6) is 5.75 Å². The Morgan fingerprint density at radius 2 is 1.71 bits per heavy atom. The van der Waals surface area contributed by atoms with Gasteiger partial charge in [-0.25, -0.2) is 4.79 Å². The van der Waals surface area contributed by atoms with E-state index < -0.39 is 11.7 Å². The number of rotatable bonds is 1. The van der Waals surface area contributed by atoms with Crippen LogP contribution in [0.4, 0.5) is 0 Å². The predicted octanol–water partition coefficient (Wildman–Crippen LogP) is 4.03. The SMILES string of the molecule is Cc1cc(C)c2c(C3Oc4ccccc4C3=O)cc(=O)oc2c1C. The molecule has 1 atom stereocenters. The number of hydrogen-bond acceptors (Lipinski definition) is 4. The van der Waals surface area contributed by atoms with Crippen LogP contribution >= 0.6 is 0 Å². The lowest BCUT2D eigenvalue weighted by atomic mass is 9.94. The molecule has 4 nitrogen and oxygen atoms in total. The van der Waals surface area contributed by atoms with Gasteiger partial charge in [0.2, 0.25) is 5.78 Å². The van der Waals surface area contributed by atoms with E-state index in [-0.39, 0.29) is 5.78 Å². The van der Waals surface area contributed by atoms with Crippen molar-refractivity contribution in [1.82, 2.24) is 0 Å². The monoisotopic (exact) mass is 320 g/mol. The molecule has 1 aliphatic rings. The van der Waals surface area contributed by atoms with Gasteiger partial charge in [0.1, 0.15) is 11.3 Å². The molecular formula is C20H16O4. The number of carbonyl (C=O) groups is 1. The number of ether oxygens (including phenoxy) is 1. The smallest absolute Gasteiger partial charge is 0.336 e. The summed E-state index contributed by atoms with van der Waals surface area (Å²) < 4.78 is 11.3. The van der Waals surface area contributed by atoms with E-state index in [0.717, 1.165) is 22.1 Å². The van der Waals surface area contributed by atoms with E-state index in [4.69, 9.17) is 9.15 Å². The van der Waals surface area contributed by atoms with Crippen LogP contribution in [0.3, 0.4) is 0 Å². The van der Waals surface area contributed by atoms with Gasteiger partial charge in [-0.3, -0.25) is 4.79 Å². The van der Waals surface area contributed by atoms with Crippen LogP contribution in [0.15, 0.2) is 45.6 Å². The fourth-order valence-electron chi connectivity index (χ4n) is 3.37. The number of hydrogen-bond donors (Lipinski definition) is 0. The van der Waals surface area contributed by atoms with E-state index in [9.17, 15) is 9.59 Å². The van der Waals surface area contributed by atoms with Gasteiger partial charge < -0.3 is 9.15 Å². The van der Waals surface area contributed by atoms with Crippen LogP contribution in [-0.2, 0) is 0 Å². The van der Waals surface area contributed by atoms with Crippen molar-refractivity contribution in [3.8, 4) is 5.75 Å². The second-order valence-corrected chi connectivity index (χ2v) is 6.22. The molecule has 0 fully saturated rings. The van der Waals surface area contributed by atoms with Crippen LogP contribution < -0.4 is 10.4 Å². The number of fused-ring (bicyclic) bond motifs is 2. The van der Waals surface area contributed by atoms with Crippen LogP contribution in [-0.4, -0.2) is 5.78 Å². The molecule has 2 heterocycles. The van der Waals surface area contributed by atoms with E-state index in [0.29, 0.717) is 22.5 Å². The summed E-state index contributed by atoms with van der Waals surface area (Å²) in [4.78, 5) is 24.8. The number of aryl methyl sites for hydroxylation is 3. The average Bonchev–Trinajstić information content (AvgIpc) is 2.89. The van der Waals surface area contributed by atoms with Gasteiger partial charge in [0.05, 0.1) is 5.56 Å². The third kappa shape index (κ3) is 1.99. The van der Waals surface area contributed by atoms with E-state index in [1.807, 2.05) is 32.9 Å². The summed E-state index contributed by atoms with van der Waals surface area (Å²) in [6, 6.07) is 10.5. The first-order valence-corrected chi connectivity index (χ1v) is 7.82. The lowest BCUT2D eigenvalue weighted by Crippen LogP contribution is -2.15. The number of ketones is 1. The Hall–Kier alpha value is -2.88. The zero-order chi connectivity index (χ0) is 17.0. The molecule has 3 aromatic rings. The van der Waals surface area contributed by atoms with Crippen LogP contribution in [0.2, 0.25) is 0 Å². The zero-order valence-electron chi connectivity index (χ0n) is 13.7. The molecule has 0 bridgehead atoms. The Labute approximate surface area is 138 Å². The third-order valence-corrected chi connectivity index (χ3v) is 4.67. The van der Waals surface area contributed by atoms with Crippen molar-refractivity contribution in [1.29, 1.82) is 0 Å². The van der Waals surface area contributed by atoms with Crippen molar-refractivity contribution in [2.45, 2.75) is 26.9 Å². The largest absolute Gasteiger partial charge is 0.477 e. The second-order valence-electron chi connectivity index (χ2n) is 6.22. The van der Waals surface area contributed by atoms with E-state index in [1.165, 1.54) is 6.07 Å². The maximum absolute atomic E-state index is 12.8. The fraction of sp³-hybridized carbons (Fsp3) is 0.200. The minimum Gasteiger partial charge on any atom is -0.477 e. The van der Waals surface area contributed by atoms with Crippen molar-refractivity contribution in [2.75, 3.05) is 0 Å². The lowest BCUT2D eigenvalue weighted by molar-refractivity contribution is 0.0859. The molecule has 4 heteroatoms. The normalized spacial score (nSPS) is 16.3. The van der Waals surface area contributed by atoms with Crippen molar-refractivity contribution >= 4 is 16.8 Å². The fourth-order valence-corrected chi connectivity index (χ4v) is 3.37. The van der Waals surface area contributed by atoms with Crippen LogP contribution in [0.25, 0.3) is 11.0 Å². The molecule has 1 aliphatic heterocycles. The molecule has 4 rings (SSSR count). The molecule has 0 spiro atoms. The summed E-state index contributed by atoms with van der Waals surface area (Å²) in [7, 11) is 0. The molecule has 2 aromatic carbocycles. The highest BCUT2D eigenvalue weighted by Crippen LogP contribution is 2.39. The number of carbonyl (C=O) groups excluding carboxylic acids is 1. The summed E-state index contributed by atoms with van der Waals surface area (Å²) in [5, 5.41) is 0.781. The second kappa shape index (κ2) is 5.06. The van der Waals surface area contributed by atoms with E-state index >= 15 is 0 Å². The Bertz CT molecular complexity index is 1060. The van der Waals surface area contributed by atoms with Crippen molar-refractivity contribution in [2.24, 2.45) is 0 Å². The molecule has 0 amide bonds. The quantitative estimate of drug-likeness (QED) is 0.635. The molecule has 24 heavy (non-hydrogen) atoms. The number of benzene rings is 2.